The van der Waals surface area contributed by atoms with Crippen LogP contribution in [0.4, 0.5) is 4.79 Å². The summed E-state index contributed by atoms with van der Waals surface area (Å²) in [5.74, 6) is -2.53. The zero-order valence-corrected chi connectivity index (χ0v) is 16.1. The molecular weight excluding hydrogens is 402 g/mol. The first kappa shape index (κ1) is 20.6. The van der Waals surface area contributed by atoms with Gasteiger partial charge in [0.05, 0.1) is 0 Å². The van der Waals surface area contributed by atoms with Gasteiger partial charge in [-0.2, -0.15) is 0 Å². The highest BCUT2D eigenvalue weighted by Crippen LogP contribution is 2.15. The van der Waals surface area contributed by atoms with Crippen molar-refractivity contribution < 1.29 is 24.0 Å². The maximum atomic E-state index is 12.7. The maximum Gasteiger partial charge on any atom is 0.325 e. The molecule has 0 saturated carbocycles. The topological polar surface area (TPSA) is 128 Å². The van der Waals surface area contributed by atoms with E-state index in [1.807, 2.05) is 0 Å². The lowest BCUT2D eigenvalue weighted by molar-refractivity contribution is -0.153. The second-order valence-electron chi connectivity index (χ2n) is 6.54. The Kier molecular flexibility index (Phi) is 6.32. The molecule has 2 atom stereocenters. The lowest BCUT2D eigenvalue weighted by Gasteiger charge is -2.33. The molecule has 6 amide bonds. The number of rotatable bonds is 6. The summed E-state index contributed by atoms with van der Waals surface area (Å²) >= 11 is 5.62. The summed E-state index contributed by atoms with van der Waals surface area (Å²) in [4.78, 5) is 63.3. The summed E-state index contributed by atoms with van der Waals surface area (Å²) in [7, 11) is 0. The minimum Gasteiger partial charge on any atom is -0.352 e. The summed E-state index contributed by atoms with van der Waals surface area (Å²) in [6.45, 7) is 0.659. The van der Waals surface area contributed by atoms with Crippen molar-refractivity contribution in [1.82, 2.24) is 25.8 Å². The third-order valence-corrected chi connectivity index (χ3v) is 4.85. The van der Waals surface area contributed by atoms with Crippen LogP contribution in [0.5, 0.6) is 0 Å². The molecule has 2 aliphatic heterocycles. The van der Waals surface area contributed by atoms with Crippen molar-refractivity contribution in [3.63, 3.8) is 0 Å². The second kappa shape index (κ2) is 8.91. The number of amides is 6. The molecule has 0 radical (unpaired) electrons. The number of urea groups is 1. The first-order valence-corrected chi connectivity index (χ1v) is 9.56. The number of alkyl halides is 1. The second-order valence-corrected chi connectivity index (χ2v) is 6.92. The van der Waals surface area contributed by atoms with Crippen LogP contribution in [0.1, 0.15) is 11.6 Å². The third-order valence-electron chi connectivity index (χ3n) is 4.68. The van der Waals surface area contributed by atoms with Crippen molar-refractivity contribution in [2.45, 2.75) is 12.1 Å². The molecule has 2 fully saturated rings. The highest BCUT2D eigenvalue weighted by molar-refractivity contribution is 6.38. The average Bonchev–Trinajstić information content (AvgIpc) is 2.73. The van der Waals surface area contributed by atoms with Gasteiger partial charge in [-0.15, -0.1) is 11.6 Å². The van der Waals surface area contributed by atoms with Gasteiger partial charge in [0.15, 0.2) is 0 Å². The summed E-state index contributed by atoms with van der Waals surface area (Å²) in [6, 6.07) is 5.73. The number of hydrogen-bond acceptors (Lipinski definition) is 5. The molecule has 3 rings (SSSR count). The summed E-state index contributed by atoms with van der Waals surface area (Å²) in [6.07, 6.45) is 0. The minimum absolute atomic E-state index is 0.0124. The Hall–Kier alpha value is -3.14. The van der Waals surface area contributed by atoms with E-state index in [9.17, 15) is 24.0 Å². The quantitative estimate of drug-likeness (QED) is 0.307. The highest BCUT2D eigenvalue weighted by Gasteiger charge is 2.38. The number of nitrogens with one attached hydrogen (secondary N) is 3. The van der Waals surface area contributed by atoms with E-state index in [4.69, 9.17) is 11.6 Å². The van der Waals surface area contributed by atoms with Crippen LogP contribution in [0.25, 0.3) is 0 Å². The Labute approximate surface area is 171 Å². The Balaban J connectivity index is 1.72. The fourth-order valence-electron chi connectivity index (χ4n) is 2.99. The Morgan fingerprint density at radius 1 is 1.14 bits per heavy atom. The zero-order valence-electron chi connectivity index (χ0n) is 15.4. The number of imide groups is 1. The number of carbonyl (C=O) groups is 5. The molecule has 29 heavy (non-hydrogen) atoms. The molecule has 0 bridgehead atoms. The van der Waals surface area contributed by atoms with Crippen LogP contribution in [-0.2, 0) is 19.2 Å². The molecule has 2 unspecified atom stereocenters. The van der Waals surface area contributed by atoms with Gasteiger partial charge in [-0.1, -0.05) is 30.3 Å². The minimum atomic E-state index is -1.14. The Morgan fingerprint density at radius 2 is 1.86 bits per heavy atom. The lowest BCUT2D eigenvalue weighted by Crippen LogP contribution is -2.63. The van der Waals surface area contributed by atoms with Crippen LogP contribution in [0, 0.1) is 0 Å². The standard InChI is InChI=1S/C18H20ClN5O5/c19-6-7-23-8-9-24(17(28)16(23)27)18(29)22-13(11-4-2-1-3-5-11)15(26)21-12-10-20-14(12)25/h1-5,12-13H,6-10H2,(H,20,25)(H,21,26)(H,22,29). The van der Waals surface area contributed by atoms with Gasteiger partial charge in [-0.25, -0.2) is 4.79 Å². The predicted octanol–water partition coefficient (Wildman–Crippen LogP) is -1.04. The van der Waals surface area contributed by atoms with E-state index in [1.54, 1.807) is 30.3 Å². The molecular formula is C18H20ClN5O5. The van der Waals surface area contributed by atoms with E-state index in [2.05, 4.69) is 16.0 Å². The number of halogens is 1. The monoisotopic (exact) mass is 421 g/mol. The van der Waals surface area contributed by atoms with Crippen molar-refractivity contribution in [3.05, 3.63) is 35.9 Å². The molecule has 0 spiro atoms. The molecule has 154 valence electrons. The molecule has 0 aliphatic carbocycles. The van der Waals surface area contributed by atoms with E-state index >= 15 is 0 Å². The van der Waals surface area contributed by atoms with E-state index in [-0.39, 0.29) is 31.4 Å². The van der Waals surface area contributed by atoms with Gasteiger partial charge in [0.25, 0.3) is 0 Å². The lowest BCUT2D eigenvalue weighted by atomic mass is 10.0. The van der Waals surface area contributed by atoms with Gasteiger partial charge in [-0.05, 0) is 5.56 Å². The first-order valence-electron chi connectivity index (χ1n) is 9.02. The van der Waals surface area contributed by atoms with Gasteiger partial charge in [0.1, 0.15) is 12.1 Å². The smallest absolute Gasteiger partial charge is 0.325 e. The van der Waals surface area contributed by atoms with Gasteiger partial charge < -0.3 is 20.9 Å². The van der Waals surface area contributed by atoms with Gasteiger partial charge in [-0.3, -0.25) is 24.1 Å². The van der Waals surface area contributed by atoms with Gasteiger partial charge in [0.2, 0.25) is 11.8 Å². The van der Waals surface area contributed by atoms with Crippen LogP contribution in [-0.4, -0.2) is 77.6 Å². The molecule has 1 aromatic carbocycles. The Bertz CT molecular complexity index is 833. The highest BCUT2D eigenvalue weighted by atomic mass is 35.5. The molecule has 0 aromatic heterocycles. The van der Waals surface area contributed by atoms with Crippen LogP contribution in [0.3, 0.4) is 0 Å². The van der Waals surface area contributed by atoms with Crippen LogP contribution in [0.2, 0.25) is 0 Å². The van der Waals surface area contributed by atoms with Crippen molar-refractivity contribution in [2.24, 2.45) is 0 Å². The average molecular weight is 422 g/mol. The summed E-state index contributed by atoms with van der Waals surface area (Å²) in [5, 5.41) is 7.57. The SMILES string of the molecule is O=C1NCC1NC(=O)C(NC(=O)N1CCN(CCCl)C(=O)C1=O)c1ccccc1. The maximum absolute atomic E-state index is 12.7. The molecule has 3 N–H and O–H groups in total. The number of carbonyl (C=O) groups excluding carboxylic acids is 5. The molecule has 2 saturated heterocycles. The largest absolute Gasteiger partial charge is 0.352 e. The van der Waals surface area contributed by atoms with Crippen molar-refractivity contribution >= 4 is 41.3 Å². The summed E-state index contributed by atoms with van der Waals surface area (Å²) < 4.78 is 0. The van der Waals surface area contributed by atoms with Crippen LogP contribution in [0.15, 0.2) is 30.3 Å². The summed E-state index contributed by atoms with van der Waals surface area (Å²) in [5.41, 5.74) is 0.470. The number of piperazine rings is 1. The predicted molar refractivity (Wildman–Crippen MR) is 102 cm³/mol. The number of hydrogen-bond donors (Lipinski definition) is 3. The van der Waals surface area contributed by atoms with Crippen LogP contribution < -0.4 is 16.0 Å². The zero-order chi connectivity index (χ0) is 21.0. The van der Waals surface area contributed by atoms with E-state index in [1.165, 1.54) is 4.90 Å². The van der Waals surface area contributed by atoms with Crippen LogP contribution >= 0.6 is 11.6 Å². The van der Waals surface area contributed by atoms with E-state index in [0.717, 1.165) is 4.90 Å². The number of nitrogens with zero attached hydrogens (tertiary/aromatic N) is 2. The van der Waals surface area contributed by atoms with Crippen molar-refractivity contribution in [3.8, 4) is 0 Å². The molecule has 2 aliphatic rings. The third kappa shape index (κ3) is 4.48. The fraction of sp³-hybridized carbons (Fsp3) is 0.389. The fourth-order valence-corrected chi connectivity index (χ4v) is 3.19. The number of benzene rings is 1. The van der Waals surface area contributed by atoms with Gasteiger partial charge in [0, 0.05) is 32.1 Å². The first-order chi connectivity index (χ1) is 13.9. The van der Waals surface area contributed by atoms with Crippen molar-refractivity contribution in [2.75, 3.05) is 32.1 Å². The molecule has 1 aromatic rings. The molecule has 10 nitrogen and oxygen atoms in total. The molecule has 11 heteroatoms. The van der Waals surface area contributed by atoms with E-state index in [0.29, 0.717) is 12.1 Å². The molecule has 2 heterocycles. The van der Waals surface area contributed by atoms with E-state index < -0.39 is 35.8 Å². The van der Waals surface area contributed by atoms with Crippen molar-refractivity contribution in [1.29, 1.82) is 0 Å². The Morgan fingerprint density at radius 3 is 2.45 bits per heavy atom. The number of β-lactam (4-membered cyclic amide) rings is 1. The van der Waals surface area contributed by atoms with Gasteiger partial charge >= 0.3 is 17.8 Å². The normalized spacial score (nSPS) is 19.9.